The highest BCUT2D eigenvalue weighted by Gasteiger charge is 2.61. The number of hydrogen-bond donors (Lipinski definition) is 0. The first-order valence-corrected chi connectivity index (χ1v) is 53.2. The number of benzene rings is 3. The van der Waals surface area contributed by atoms with Crippen LogP contribution in [-0.2, 0) is 148 Å². The molecule has 9 atom stereocenters. The van der Waals surface area contributed by atoms with E-state index in [1.54, 1.807) is 81.4 Å². The van der Waals surface area contributed by atoms with E-state index in [0.717, 1.165) is 5.56 Å². The highest BCUT2D eigenvalue weighted by molar-refractivity contribution is 9.11. The molecule has 0 fully saturated rings. The molecule has 0 heterocycles. The molecule has 0 aliphatic carbocycles. The zero-order chi connectivity index (χ0) is 108. The summed E-state index contributed by atoms with van der Waals surface area (Å²) in [5.74, 6) is -14.5. The van der Waals surface area contributed by atoms with Crippen LogP contribution in [0.15, 0.2) is 91.0 Å². The van der Waals surface area contributed by atoms with Gasteiger partial charge in [0.25, 0.3) is 0 Å². The summed E-state index contributed by atoms with van der Waals surface area (Å²) in [7, 11) is 0. The maximum absolute atomic E-state index is 16.7. The molecule has 0 aliphatic rings. The van der Waals surface area contributed by atoms with Gasteiger partial charge in [-0.2, -0.15) is 0 Å². The fourth-order valence-electron chi connectivity index (χ4n) is 16.5. The molecule has 39 heteroatoms. The molecule has 3 aromatic carbocycles. The van der Waals surface area contributed by atoms with Gasteiger partial charge in [0, 0.05) is 5.25 Å². The Bertz CT molecular complexity index is 4740. The van der Waals surface area contributed by atoms with E-state index in [1.165, 1.54) is 143 Å². The molecule has 0 radical (unpaired) electrons. The van der Waals surface area contributed by atoms with Crippen molar-refractivity contribution >= 4 is 229 Å². The molecule has 0 saturated carbocycles. The van der Waals surface area contributed by atoms with Gasteiger partial charge in [-0.15, -0.1) is 11.8 Å². The van der Waals surface area contributed by atoms with Crippen molar-refractivity contribution in [3.8, 4) is 0 Å². The number of thiocarbonyl (C=S) groups is 1. The van der Waals surface area contributed by atoms with E-state index >= 15 is 38.4 Å². The van der Waals surface area contributed by atoms with E-state index in [-0.39, 0.29) is 19.4 Å². The van der Waals surface area contributed by atoms with E-state index in [9.17, 15) is 33.6 Å². The first-order valence-electron chi connectivity index (χ1n) is 46.3. The highest BCUT2D eigenvalue weighted by Crippen LogP contribution is 2.58. The average Bonchev–Trinajstić information content (AvgIpc) is 0.760. The van der Waals surface area contributed by atoms with Crippen LogP contribution in [0.1, 0.15) is 266 Å². The zero-order valence-corrected chi connectivity index (χ0v) is 98.6. The Morgan fingerprint density at radius 2 is 0.426 bits per heavy atom. The third kappa shape index (κ3) is 42.7. The number of esters is 15. The van der Waals surface area contributed by atoms with Gasteiger partial charge in [0.1, 0.15) is 123 Å². The van der Waals surface area contributed by atoms with Crippen LogP contribution in [0.4, 0.5) is 0 Å². The number of ether oxygens (including phenoxy) is 15. The molecule has 141 heavy (non-hydrogen) atoms. The normalized spacial score (nSPS) is 15.9. The third-order valence-electron chi connectivity index (χ3n) is 22.8. The molecule has 0 N–H and O–H groups in total. The van der Waals surface area contributed by atoms with Crippen LogP contribution in [0.3, 0.4) is 0 Å². The highest BCUT2D eigenvalue weighted by atomic mass is 79.9. The maximum atomic E-state index is 16.7. The average molecular weight is 2470 g/mol. The van der Waals surface area contributed by atoms with Crippen molar-refractivity contribution in [2.75, 3.05) is 99.1 Å². The molecule has 3 aromatic rings. The van der Waals surface area contributed by atoms with E-state index < -0.39 is 311 Å². The summed E-state index contributed by atoms with van der Waals surface area (Å²) in [6.45, 7) is 29.1. The smallest absolute Gasteiger partial charge is 0.322 e. The quantitative estimate of drug-likeness (QED) is 0.0166. The molecule has 0 spiro atoms. The first-order chi connectivity index (χ1) is 64.5. The summed E-state index contributed by atoms with van der Waals surface area (Å²) >= 11 is 30.5. The lowest BCUT2D eigenvalue weighted by Crippen LogP contribution is -2.51. The van der Waals surface area contributed by atoms with E-state index in [0.29, 0.717) is 28.2 Å². The van der Waals surface area contributed by atoms with Crippen LogP contribution < -0.4 is 0 Å². The van der Waals surface area contributed by atoms with Gasteiger partial charge in [-0.05, 0) is 239 Å². The minimum atomic E-state index is -2.53. The van der Waals surface area contributed by atoms with Crippen molar-refractivity contribution in [3.63, 3.8) is 0 Å². The predicted molar refractivity (Wildman–Crippen MR) is 561 cm³/mol. The Morgan fingerprint density at radius 3 is 0.638 bits per heavy atom. The molecule has 0 aromatic heterocycles. The Balaban J connectivity index is 2.94. The number of thioether (sulfide) groups is 1. The first kappa shape index (κ1) is 129. The third-order valence-corrected chi connectivity index (χ3v) is 26.8. The monoisotopic (exact) mass is 2460 g/mol. The largest absolute Gasteiger partial charge is 0.465 e. The molecule has 792 valence electrons. The standard InChI is InChI=1S/C102H143Br7O30S2/c1-26-27-43-125-80(118)96(19,59-87(2,3)69-41-35-30-36-42-69)61-98(21,82(120)135-53-46-128-74(112)90(8,9)105)63-100(23,84(122)137-55-48-130-76(114)92(12,13)107)65-102(25,86(124)139-57-50-132-78(116)94(16,17)109)66-101(24,85(123)138-56-49-131-77(115)93(14,15)108)64-99(22,83(121)136-54-47-129-75(113)91(10,11)106)62-97(20,81(119)134-52-45-127-73(111)89(6,7)104)60-95(18,79(117)133-51-44-126-72(110)88(4,5)103)58-70(67-37-31-28-32-38-67)141-71(140)68-39-33-29-34-40-68/h28-42,70H,26-27,43-66H2,1-25H3. The summed E-state index contributed by atoms with van der Waals surface area (Å²) in [6.07, 6.45) is -5.03. The van der Waals surface area contributed by atoms with Crippen molar-refractivity contribution in [1.29, 1.82) is 0 Å². The minimum Gasteiger partial charge on any atom is -0.465 e. The van der Waals surface area contributed by atoms with Gasteiger partial charge in [0.2, 0.25) is 0 Å². The number of carbonyl (C=O) groups excluding carboxylic acids is 15. The molecule has 0 saturated heterocycles. The van der Waals surface area contributed by atoms with Crippen LogP contribution in [-0.4, -0.2) is 223 Å². The van der Waals surface area contributed by atoms with Crippen molar-refractivity contribution in [2.24, 2.45) is 43.3 Å². The zero-order valence-electron chi connectivity index (χ0n) is 85.8. The molecule has 9 unspecified atom stereocenters. The van der Waals surface area contributed by atoms with Crippen LogP contribution in [0.25, 0.3) is 0 Å². The number of rotatable bonds is 61. The second kappa shape index (κ2) is 55.0. The molecule has 0 bridgehead atoms. The van der Waals surface area contributed by atoms with Gasteiger partial charge >= 0.3 is 89.5 Å². The maximum Gasteiger partial charge on any atom is 0.322 e. The summed E-state index contributed by atoms with van der Waals surface area (Å²) < 4.78 is 80.3. The topological polar surface area (TPSA) is 394 Å². The summed E-state index contributed by atoms with van der Waals surface area (Å²) in [4.78, 5) is 225. The van der Waals surface area contributed by atoms with E-state index in [2.05, 4.69) is 112 Å². The van der Waals surface area contributed by atoms with Crippen molar-refractivity contribution < 1.29 is 143 Å². The van der Waals surface area contributed by atoms with Gasteiger partial charge in [-0.25, -0.2) is 0 Å². The number of carbonyl (C=O) groups is 15. The van der Waals surface area contributed by atoms with Crippen molar-refractivity contribution in [1.82, 2.24) is 0 Å². The number of alkyl halides is 7. The van der Waals surface area contributed by atoms with Crippen LogP contribution in [0.5, 0.6) is 0 Å². The van der Waals surface area contributed by atoms with E-state index in [1.807, 2.05) is 51.1 Å². The summed E-state index contributed by atoms with van der Waals surface area (Å²) in [6, 6.07) is 27.1. The van der Waals surface area contributed by atoms with Crippen LogP contribution in [0, 0.1) is 43.3 Å². The fourth-order valence-corrected chi connectivity index (χ4v) is 19.1. The lowest BCUT2D eigenvalue weighted by atomic mass is 9.56. The fraction of sp³-hybridized carbons (Fsp3) is 0.667. The lowest BCUT2D eigenvalue weighted by Gasteiger charge is -2.47. The molecule has 30 nitrogen and oxygen atoms in total. The van der Waals surface area contributed by atoms with Gasteiger partial charge in [-0.1, -0.05) is 242 Å². The molecular formula is C102H143Br7O30S2. The van der Waals surface area contributed by atoms with Gasteiger partial charge < -0.3 is 71.1 Å². The molecular weight excluding hydrogens is 2330 g/mol. The molecule has 0 aliphatic heterocycles. The number of hydrogen-bond acceptors (Lipinski definition) is 32. The van der Waals surface area contributed by atoms with Gasteiger partial charge in [0.15, 0.2) is 0 Å². The SMILES string of the molecule is CCCCOC(=O)C(C)(CC(C)(CC(C)(CC(C)(CC(C)(CC(C)(CC(C)(CC(C)(CC(SC(=S)c1ccccc1)c1ccccc1)C(=O)OCCOC(=O)C(C)(C)Br)C(=O)OCCOC(=O)C(C)(C)Br)C(=O)OCCOC(=O)C(C)(C)Br)C(=O)OCCOC(=O)C(C)(C)Br)C(=O)OCCOC(=O)C(C)(C)Br)C(=O)OCCOC(=O)C(C)(C)Br)C(=O)OCCOC(=O)C(C)(C)Br)CC(C)(C)c1ccccc1. The van der Waals surface area contributed by atoms with Gasteiger partial charge in [-0.3, -0.25) is 71.9 Å². The minimum absolute atomic E-state index is 0.0563. The second-order valence-electron chi connectivity index (χ2n) is 41.7. The van der Waals surface area contributed by atoms with Crippen LogP contribution >= 0.6 is 135 Å². The van der Waals surface area contributed by atoms with Crippen LogP contribution in [0.2, 0.25) is 0 Å². The molecule has 0 amide bonds. The Kier molecular flexibility index (Phi) is 50.2. The lowest BCUT2D eigenvalue weighted by molar-refractivity contribution is -0.181. The predicted octanol–water partition coefficient (Wildman–Crippen LogP) is 20.5. The van der Waals surface area contributed by atoms with Crippen molar-refractivity contribution in [3.05, 3.63) is 108 Å². The Labute approximate surface area is 899 Å². The van der Waals surface area contributed by atoms with E-state index in [4.69, 9.17) is 83.3 Å². The summed E-state index contributed by atoms with van der Waals surface area (Å²) in [5, 5.41) is -0.805. The van der Waals surface area contributed by atoms with Crippen molar-refractivity contribution in [2.45, 2.75) is 285 Å². The molecule has 3 rings (SSSR count). The summed E-state index contributed by atoms with van der Waals surface area (Å²) in [5.41, 5.74) is -17.1. The number of halogens is 7. The Morgan fingerprint density at radius 1 is 0.248 bits per heavy atom. The van der Waals surface area contributed by atoms with Gasteiger partial charge in [0.05, 0.1) is 54.1 Å². The Hall–Kier alpha value is -6.49. The second-order valence-corrected chi connectivity index (χ2v) is 57.5. The number of unbranched alkanes of at least 4 members (excludes halogenated alkanes) is 1.